The molecule has 6 nitrogen and oxygen atoms in total. The van der Waals surface area contributed by atoms with Gasteiger partial charge < -0.3 is 16.0 Å². The third-order valence-corrected chi connectivity index (χ3v) is 4.81. The number of aliphatic imine (C=N–C) groups is 1. The monoisotopic (exact) mass is 393 g/mol. The number of hydrogen-bond acceptors (Lipinski definition) is 4. The summed E-state index contributed by atoms with van der Waals surface area (Å²) in [5, 5.41) is 12.8. The van der Waals surface area contributed by atoms with Gasteiger partial charge in [0.15, 0.2) is 5.96 Å². The van der Waals surface area contributed by atoms with Gasteiger partial charge in [0.1, 0.15) is 5.01 Å². The molecule has 26 heavy (non-hydrogen) atoms. The first-order valence-electron chi connectivity index (χ1n) is 8.42. The van der Waals surface area contributed by atoms with Crippen molar-refractivity contribution < 1.29 is 4.79 Å². The molecule has 0 bridgehead atoms. The molecule has 1 aromatic carbocycles. The highest BCUT2D eigenvalue weighted by Gasteiger charge is 2.09. The Morgan fingerprint density at radius 3 is 2.62 bits per heavy atom. The fraction of sp³-hybridized carbons (Fsp3) is 0.389. The van der Waals surface area contributed by atoms with Crippen molar-refractivity contribution in [1.29, 1.82) is 0 Å². The zero-order chi connectivity index (χ0) is 18.9. The van der Waals surface area contributed by atoms with Crippen molar-refractivity contribution in [1.82, 2.24) is 20.9 Å². The predicted octanol–water partition coefficient (Wildman–Crippen LogP) is 3.01. The summed E-state index contributed by atoms with van der Waals surface area (Å²) in [6.07, 6.45) is 0. The smallest absolute Gasteiger partial charge is 0.252 e. The Hall–Kier alpha value is -2.12. The van der Waals surface area contributed by atoms with E-state index in [0.717, 1.165) is 10.7 Å². The molecule has 1 aromatic heterocycles. The molecule has 1 amide bonds. The molecule has 0 unspecified atom stereocenters. The maximum absolute atomic E-state index is 12.1. The van der Waals surface area contributed by atoms with Crippen LogP contribution >= 0.6 is 22.9 Å². The van der Waals surface area contributed by atoms with Gasteiger partial charge in [-0.2, -0.15) is 0 Å². The number of carbonyl (C=O) groups excluding carboxylic acids is 1. The van der Waals surface area contributed by atoms with Crippen LogP contribution in [0.2, 0.25) is 5.02 Å². The normalized spacial score (nSPS) is 11.5. The zero-order valence-electron chi connectivity index (χ0n) is 15.2. The predicted molar refractivity (Wildman–Crippen MR) is 108 cm³/mol. The number of rotatable bonds is 7. The van der Waals surface area contributed by atoms with Crippen LogP contribution in [0.4, 0.5) is 0 Å². The number of benzene rings is 1. The van der Waals surface area contributed by atoms with Crippen molar-refractivity contribution in [2.24, 2.45) is 4.99 Å². The van der Waals surface area contributed by atoms with Crippen LogP contribution in [-0.4, -0.2) is 37.0 Å². The van der Waals surface area contributed by atoms with E-state index in [-0.39, 0.29) is 5.91 Å². The third kappa shape index (κ3) is 6.00. The third-order valence-electron chi connectivity index (χ3n) is 3.61. The Balaban J connectivity index is 1.71. The van der Waals surface area contributed by atoms with E-state index >= 15 is 0 Å². The molecule has 0 aliphatic rings. The molecule has 0 saturated carbocycles. The van der Waals surface area contributed by atoms with E-state index in [1.807, 2.05) is 0 Å². The standard InChI is InChI=1S/C18H24ClN5OS/c1-12(2)15-11-26-16(24-15)10-23-18(20-3)22-9-8-21-17(25)13-6-4-5-7-14(13)19/h4-7,11-12H,8-10H2,1-3H3,(H,21,25)(H2,20,22,23). The number of aromatic nitrogens is 1. The highest BCUT2D eigenvalue weighted by atomic mass is 35.5. The molecular weight excluding hydrogens is 370 g/mol. The van der Waals surface area contributed by atoms with Gasteiger partial charge in [-0.05, 0) is 18.1 Å². The van der Waals surface area contributed by atoms with Gasteiger partial charge in [-0.1, -0.05) is 37.6 Å². The SMILES string of the molecule is CN=C(NCCNC(=O)c1ccccc1Cl)NCc1nc(C(C)C)cs1. The molecule has 3 N–H and O–H groups in total. The maximum atomic E-state index is 12.1. The van der Waals surface area contributed by atoms with E-state index in [1.165, 1.54) is 0 Å². The van der Waals surface area contributed by atoms with Crippen LogP contribution < -0.4 is 16.0 Å². The first-order chi connectivity index (χ1) is 12.5. The number of nitrogens with one attached hydrogen (secondary N) is 3. The largest absolute Gasteiger partial charge is 0.355 e. The molecule has 0 saturated heterocycles. The molecule has 2 rings (SSSR count). The van der Waals surface area contributed by atoms with Crippen molar-refractivity contribution in [2.75, 3.05) is 20.1 Å². The van der Waals surface area contributed by atoms with Crippen molar-refractivity contribution in [3.63, 3.8) is 0 Å². The minimum atomic E-state index is -0.190. The average molecular weight is 394 g/mol. The first kappa shape index (κ1) is 20.2. The Morgan fingerprint density at radius 2 is 1.96 bits per heavy atom. The lowest BCUT2D eigenvalue weighted by molar-refractivity contribution is 0.0954. The van der Waals surface area contributed by atoms with E-state index < -0.39 is 0 Å². The zero-order valence-corrected chi connectivity index (χ0v) is 16.7. The van der Waals surface area contributed by atoms with Crippen molar-refractivity contribution in [3.05, 3.63) is 50.9 Å². The number of nitrogens with zero attached hydrogens (tertiary/aromatic N) is 2. The number of amides is 1. The Labute approximate surface area is 163 Å². The number of halogens is 1. The minimum Gasteiger partial charge on any atom is -0.355 e. The van der Waals surface area contributed by atoms with Crippen molar-refractivity contribution in [2.45, 2.75) is 26.3 Å². The van der Waals surface area contributed by atoms with E-state index in [0.29, 0.717) is 42.1 Å². The quantitative estimate of drug-likeness (QED) is 0.384. The van der Waals surface area contributed by atoms with E-state index in [2.05, 4.69) is 45.2 Å². The second-order valence-electron chi connectivity index (χ2n) is 5.91. The van der Waals surface area contributed by atoms with Crippen LogP contribution in [0.5, 0.6) is 0 Å². The van der Waals surface area contributed by atoms with Crippen LogP contribution in [-0.2, 0) is 6.54 Å². The topological polar surface area (TPSA) is 78.4 Å². The molecule has 0 aliphatic heterocycles. The van der Waals surface area contributed by atoms with E-state index in [9.17, 15) is 4.79 Å². The van der Waals surface area contributed by atoms with Gasteiger partial charge in [-0.3, -0.25) is 9.79 Å². The van der Waals surface area contributed by atoms with Crippen LogP contribution in [0, 0.1) is 0 Å². The summed E-state index contributed by atoms with van der Waals surface area (Å²) in [5.74, 6) is 0.904. The summed E-state index contributed by atoms with van der Waals surface area (Å²) in [7, 11) is 1.71. The van der Waals surface area contributed by atoms with Crippen LogP contribution in [0.15, 0.2) is 34.6 Å². The average Bonchev–Trinajstić information content (AvgIpc) is 3.10. The van der Waals surface area contributed by atoms with Crippen LogP contribution in [0.25, 0.3) is 0 Å². The fourth-order valence-electron chi connectivity index (χ4n) is 2.15. The van der Waals surface area contributed by atoms with Crippen LogP contribution in [0.1, 0.15) is 40.8 Å². The van der Waals surface area contributed by atoms with Gasteiger partial charge in [0.2, 0.25) is 0 Å². The van der Waals surface area contributed by atoms with Crippen molar-refractivity contribution >= 4 is 34.8 Å². The molecule has 8 heteroatoms. The van der Waals surface area contributed by atoms with Crippen molar-refractivity contribution in [3.8, 4) is 0 Å². The molecule has 0 radical (unpaired) electrons. The molecule has 2 aromatic rings. The summed E-state index contributed by atoms with van der Waals surface area (Å²) < 4.78 is 0. The molecule has 0 atom stereocenters. The summed E-state index contributed by atoms with van der Waals surface area (Å²) in [5.41, 5.74) is 1.58. The Bertz CT molecular complexity index is 760. The van der Waals surface area contributed by atoms with Gasteiger partial charge in [0.25, 0.3) is 5.91 Å². The second kappa shape index (κ2) is 10.1. The lowest BCUT2D eigenvalue weighted by atomic mass is 10.2. The van der Waals surface area contributed by atoms with Gasteiger partial charge in [-0.15, -0.1) is 11.3 Å². The lowest BCUT2D eigenvalue weighted by Gasteiger charge is -2.12. The van der Waals surface area contributed by atoms with Crippen LogP contribution in [0.3, 0.4) is 0 Å². The Kier molecular flexibility index (Phi) is 7.87. The summed E-state index contributed by atoms with van der Waals surface area (Å²) >= 11 is 7.65. The second-order valence-corrected chi connectivity index (χ2v) is 7.26. The van der Waals surface area contributed by atoms with Gasteiger partial charge in [0, 0.05) is 25.5 Å². The summed E-state index contributed by atoms with van der Waals surface area (Å²) in [6, 6.07) is 6.98. The first-order valence-corrected chi connectivity index (χ1v) is 9.68. The number of hydrogen-bond donors (Lipinski definition) is 3. The maximum Gasteiger partial charge on any atom is 0.252 e. The van der Waals surface area contributed by atoms with E-state index in [1.54, 1.807) is 42.6 Å². The number of carbonyl (C=O) groups is 1. The summed E-state index contributed by atoms with van der Waals surface area (Å²) in [6.45, 7) is 5.88. The molecule has 0 fully saturated rings. The molecular formula is C18H24ClN5OS. The van der Waals surface area contributed by atoms with E-state index in [4.69, 9.17) is 11.6 Å². The Morgan fingerprint density at radius 1 is 1.23 bits per heavy atom. The lowest BCUT2D eigenvalue weighted by Crippen LogP contribution is -2.41. The number of thiazole rings is 1. The van der Waals surface area contributed by atoms with Gasteiger partial charge in [0.05, 0.1) is 22.8 Å². The molecule has 140 valence electrons. The molecule has 1 heterocycles. The number of guanidine groups is 1. The molecule has 0 spiro atoms. The fourth-order valence-corrected chi connectivity index (χ4v) is 3.27. The highest BCUT2D eigenvalue weighted by Crippen LogP contribution is 2.17. The van der Waals surface area contributed by atoms with Gasteiger partial charge in [-0.25, -0.2) is 4.98 Å². The summed E-state index contributed by atoms with van der Waals surface area (Å²) in [4.78, 5) is 20.8. The highest BCUT2D eigenvalue weighted by molar-refractivity contribution is 7.09. The van der Waals surface area contributed by atoms with Gasteiger partial charge >= 0.3 is 0 Å². The molecule has 0 aliphatic carbocycles. The minimum absolute atomic E-state index is 0.190.